The molecule has 7 atom stereocenters. The van der Waals surface area contributed by atoms with Gasteiger partial charge in [0.1, 0.15) is 11.6 Å². The molecule has 0 radical (unpaired) electrons. The Labute approximate surface area is 132 Å². The Morgan fingerprint density at radius 3 is 2.55 bits per heavy atom. The Morgan fingerprint density at radius 1 is 1.00 bits per heavy atom. The van der Waals surface area contributed by atoms with E-state index < -0.39 is 6.10 Å². The lowest BCUT2D eigenvalue weighted by molar-refractivity contribution is -0.162. The van der Waals surface area contributed by atoms with Gasteiger partial charge in [-0.1, -0.05) is 13.8 Å². The molecule has 22 heavy (non-hydrogen) atoms. The number of hydrogen-bond acceptors (Lipinski definition) is 3. The van der Waals surface area contributed by atoms with Crippen LogP contribution in [-0.2, 0) is 9.59 Å². The molecular weight excluding hydrogens is 276 g/mol. The quantitative estimate of drug-likeness (QED) is 0.748. The van der Waals surface area contributed by atoms with E-state index in [9.17, 15) is 14.7 Å². The van der Waals surface area contributed by atoms with E-state index in [1.54, 1.807) is 0 Å². The van der Waals surface area contributed by atoms with Crippen LogP contribution in [0.3, 0.4) is 0 Å². The minimum Gasteiger partial charge on any atom is -0.393 e. The second-order valence-electron chi connectivity index (χ2n) is 8.87. The van der Waals surface area contributed by atoms with Crippen molar-refractivity contribution in [2.75, 3.05) is 0 Å². The van der Waals surface area contributed by atoms with Crippen molar-refractivity contribution in [2.45, 2.75) is 71.3 Å². The number of rotatable bonds is 0. The first kappa shape index (κ1) is 14.9. The molecule has 4 fully saturated rings. The highest BCUT2D eigenvalue weighted by Crippen LogP contribution is 2.64. The summed E-state index contributed by atoms with van der Waals surface area (Å²) in [5.74, 6) is 2.59. The number of hydrogen-bond donors (Lipinski definition) is 1. The Balaban J connectivity index is 1.69. The molecule has 0 aliphatic heterocycles. The van der Waals surface area contributed by atoms with Crippen molar-refractivity contribution in [3.05, 3.63) is 0 Å². The molecule has 0 heterocycles. The topological polar surface area (TPSA) is 54.4 Å². The summed E-state index contributed by atoms with van der Waals surface area (Å²) >= 11 is 0. The molecule has 0 spiro atoms. The normalized spacial score (nSPS) is 54.6. The first-order chi connectivity index (χ1) is 10.4. The molecule has 122 valence electrons. The fraction of sp³-hybridized carbons (Fsp3) is 0.895. The predicted molar refractivity (Wildman–Crippen MR) is 83.1 cm³/mol. The molecule has 4 aliphatic carbocycles. The number of carbonyl (C=O) groups is 2. The van der Waals surface area contributed by atoms with Crippen LogP contribution in [0.15, 0.2) is 0 Å². The number of aliphatic hydroxyl groups excluding tert-OH is 1. The molecule has 1 unspecified atom stereocenters. The van der Waals surface area contributed by atoms with Crippen LogP contribution in [0, 0.1) is 34.5 Å². The molecule has 0 aromatic heterocycles. The zero-order chi connectivity index (χ0) is 15.7. The Bertz CT molecular complexity index is 527. The third-order valence-corrected chi connectivity index (χ3v) is 8.19. The summed E-state index contributed by atoms with van der Waals surface area (Å²) in [5, 5.41) is 9.99. The summed E-state index contributed by atoms with van der Waals surface area (Å²) in [7, 11) is 0. The van der Waals surface area contributed by atoms with E-state index in [2.05, 4.69) is 13.8 Å². The van der Waals surface area contributed by atoms with E-state index in [0.717, 1.165) is 44.9 Å². The molecule has 3 nitrogen and oxygen atoms in total. The monoisotopic (exact) mass is 304 g/mol. The smallest absolute Gasteiger partial charge is 0.141 e. The molecule has 0 aromatic rings. The first-order valence-electron chi connectivity index (χ1n) is 9.12. The highest BCUT2D eigenvalue weighted by Gasteiger charge is 2.62. The van der Waals surface area contributed by atoms with Crippen molar-refractivity contribution in [1.82, 2.24) is 0 Å². The van der Waals surface area contributed by atoms with Gasteiger partial charge >= 0.3 is 0 Å². The lowest BCUT2D eigenvalue weighted by atomic mass is 9.45. The van der Waals surface area contributed by atoms with Gasteiger partial charge in [0.2, 0.25) is 0 Å². The molecule has 4 saturated carbocycles. The zero-order valence-corrected chi connectivity index (χ0v) is 13.8. The average Bonchev–Trinajstić information content (AvgIpc) is 2.77. The van der Waals surface area contributed by atoms with Crippen LogP contribution >= 0.6 is 0 Å². The van der Waals surface area contributed by atoms with Gasteiger partial charge in [0.15, 0.2) is 0 Å². The van der Waals surface area contributed by atoms with E-state index in [1.807, 2.05) is 0 Å². The van der Waals surface area contributed by atoms with Gasteiger partial charge < -0.3 is 5.11 Å². The predicted octanol–water partition coefficient (Wildman–Crippen LogP) is 3.14. The van der Waals surface area contributed by atoms with Crippen LogP contribution in [0.4, 0.5) is 0 Å². The number of carbonyl (C=O) groups excluding carboxylic acids is 2. The van der Waals surface area contributed by atoms with Gasteiger partial charge in [-0.15, -0.1) is 0 Å². The first-order valence-corrected chi connectivity index (χ1v) is 9.12. The van der Waals surface area contributed by atoms with Crippen molar-refractivity contribution in [2.24, 2.45) is 34.5 Å². The lowest BCUT2D eigenvalue weighted by Gasteiger charge is -2.58. The second-order valence-corrected chi connectivity index (χ2v) is 8.87. The van der Waals surface area contributed by atoms with E-state index in [-0.39, 0.29) is 10.8 Å². The molecule has 4 aliphatic rings. The van der Waals surface area contributed by atoms with Crippen molar-refractivity contribution in [3.8, 4) is 0 Å². The van der Waals surface area contributed by atoms with E-state index >= 15 is 0 Å². The summed E-state index contributed by atoms with van der Waals surface area (Å²) in [4.78, 5) is 25.2. The third kappa shape index (κ3) is 1.72. The molecule has 0 saturated heterocycles. The lowest BCUT2D eigenvalue weighted by Crippen LogP contribution is -2.57. The van der Waals surface area contributed by atoms with E-state index in [4.69, 9.17) is 0 Å². The van der Waals surface area contributed by atoms with Gasteiger partial charge in [-0.25, -0.2) is 0 Å². The molecule has 0 aromatic carbocycles. The van der Waals surface area contributed by atoms with Crippen LogP contribution in [0.2, 0.25) is 0 Å². The second kappa shape index (κ2) is 4.66. The number of aliphatic hydroxyl groups is 1. The maximum absolute atomic E-state index is 12.8. The van der Waals surface area contributed by atoms with Crippen molar-refractivity contribution < 1.29 is 14.7 Å². The van der Waals surface area contributed by atoms with Gasteiger partial charge in [0.05, 0.1) is 6.10 Å². The number of Topliss-reactive ketones (excluding diaryl/α,β-unsaturated/α-hetero) is 2. The fourth-order valence-corrected chi connectivity index (χ4v) is 6.84. The average molecular weight is 304 g/mol. The van der Waals surface area contributed by atoms with Crippen LogP contribution in [-0.4, -0.2) is 22.8 Å². The maximum Gasteiger partial charge on any atom is 0.141 e. The van der Waals surface area contributed by atoms with Crippen LogP contribution in [0.1, 0.15) is 65.2 Å². The molecular formula is C19H28O3. The minimum atomic E-state index is -0.427. The fourth-order valence-electron chi connectivity index (χ4n) is 6.84. The SMILES string of the molecule is C[C@]12C(=O)C[C@@H](O)CC1CC[C@@H]1[C@@H]2CC[C@]2(C)C(=O)CC[C@@H]12. The van der Waals surface area contributed by atoms with Crippen LogP contribution < -0.4 is 0 Å². The largest absolute Gasteiger partial charge is 0.393 e. The summed E-state index contributed by atoms with van der Waals surface area (Å²) in [6, 6.07) is 0. The maximum atomic E-state index is 12.8. The Kier molecular flexibility index (Phi) is 3.15. The van der Waals surface area contributed by atoms with Gasteiger partial charge in [-0.2, -0.15) is 0 Å². The summed E-state index contributed by atoms with van der Waals surface area (Å²) < 4.78 is 0. The third-order valence-electron chi connectivity index (χ3n) is 8.19. The van der Waals surface area contributed by atoms with Gasteiger partial charge in [-0.05, 0) is 62.2 Å². The van der Waals surface area contributed by atoms with Crippen LogP contribution in [0.5, 0.6) is 0 Å². The van der Waals surface area contributed by atoms with Crippen molar-refractivity contribution in [1.29, 1.82) is 0 Å². The van der Waals surface area contributed by atoms with Gasteiger partial charge in [0, 0.05) is 23.7 Å². The number of ketones is 2. The molecule has 1 N–H and O–H groups in total. The Hall–Kier alpha value is -0.700. The van der Waals surface area contributed by atoms with Gasteiger partial charge in [0.25, 0.3) is 0 Å². The molecule has 0 bridgehead atoms. The van der Waals surface area contributed by atoms with E-state index in [1.165, 1.54) is 0 Å². The number of fused-ring (bicyclic) bond motifs is 5. The highest BCUT2D eigenvalue weighted by atomic mass is 16.3. The zero-order valence-electron chi connectivity index (χ0n) is 13.8. The summed E-state index contributed by atoms with van der Waals surface area (Å²) in [6.07, 6.45) is 6.70. The standard InChI is InChI=1S/C19H28O3/c1-18-8-7-15-13(14(18)5-6-16(18)21)4-3-11-9-12(20)10-17(22)19(11,15)2/h11-15,20H,3-10H2,1-2H3/t11?,12-,13-,14-,15-,18-,19-/m0/s1. The van der Waals surface area contributed by atoms with Gasteiger partial charge in [-0.3, -0.25) is 9.59 Å². The van der Waals surface area contributed by atoms with E-state index in [0.29, 0.717) is 41.7 Å². The molecule has 4 rings (SSSR count). The highest BCUT2D eigenvalue weighted by molar-refractivity contribution is 5.88. The molecule has 0 amide bonds. The van der Waals surface area contributed by atoms with Crippen molar-refractivity contribution in [3.63, 3.8) is 0 Å². The van der Waals surface area contributed by atoms with Crippen molar-refractivity contribution >= 4 is 11.6 Å². The minimum absolute atomic E-state index is 0.110. The molecule has 3 heteroatoms. The summed E-state index contributed by atoms with van der Waals surface area (Å²) in [5.41, 5.74) is -0.350. The summed E-state index contributed by atoms with van der Waals surface area (Å²) in [6.45, 7) is 4.37. The van der Waals surface area contributed by atoms with Crippen LogP contribution in [0.25, 0.3) is 0 Å². The Morgan fingerprint density at radius 2 is 1.77 bits per heavy atom.